The van der Waals surface area contributed by atoms with Crippen LogP contribution < -0.4 is 4.74 Å². The van der Waals surface area contributed by atoms with Crippen molar-refractivity contribution in [2.75, 3.05) is 6.61 Å². The molecule has 3 aromatic rings. The van der Waals surface area contributed by atoms with E-state index in [1.807, 2.05) is 18.9 Å². The first kappa shape index (κ1) is 27.4. The number of hydrogen-bond donors (Lipinski definition) is 0. The molecule has 2 aromatic carbocycles. The number of alkyl halides is 3. The quantitative estimate of drug-likeness (QED) is 0.179. The summed E-state index contributed by atoms with van der Waals surface area (Å²) in [6.45, 7) is 2.64. The second-order valence-corrected chi connectivity index (χ2v) is 11.4. The van der Waals surface area contributed by atoms with Gasteiger partial charge in [-0.3, -0.25) is 0 Å². The number of hydrogen-bond acceptors (Lipinski definition) is 2. The Labute approximate surface area is 231 Å². The van der Waals surface area contributed by atoms with Crippen LogP contribution in [-0.4, -0.2) is 12.8 Å². The molecular weight excluding hydrogens is 520 g/mol. The maximum absolute atomic E-state index is 14.4. The van der Waals surface area contributed by atoms with Crippen molar-refractivity contribution in [1.82, 2.24) is 0 Å². The fourth-order valence-electron chi connectivity index (χ4n) is 5.68. The topological polar surface area (TPSA) is 9.23 Å². The Morgan fingerprint density at radius 1 is 0.949 bits per heavy atom. The first-order valence-electron chi connectivity index (χ1n) is 13.5. The highest BCUT2D eigenvalue weighted by molar-refractivity contribution is 7.19. The largest absolute Gasteiger partial charge is 0.494 e. The lowest BCUT2D eigenvalue weighted by molar-refractivity contribution is -0.0696. The Hall–Kier alpha value is -3.22. The molecule has 1 heterocycles. The van der Waals surface area contributed by atoms with E-state index in [0.717, 1.165) is 67.1 Å². The number of halogens is 4. The smallest absolute Gasteiger partial charge is 0.458 e. The lowest BCUT2D eigenvalue weighted by Crippen LogP contribution is -2.18. The molecule has 1 aromatic heterocycles. The van der Waals surface area contributed by atoms with Gasteiger partial charge in [0.25, 0.3) is 0 Å². The molecule has 1 saturated carbocycles. The van der Waals surface area contributed by atoms with Crippen LogP contribution in [-0.2, 0) is 0 Å². The van der Waals surface area contributed by atoms with Gasteiger partial charge >= 0.3 is 6.18 Å². The van der Waals surface area contributed by atoms with Gasteiger partial charge in [-0.05, 0) is 111 Å². The molecular formula is C33H30F4OS. The zero-order valence-electron chi connectivity index (χ0n) is 21.8. The molecule has 202 valence electrons. The summed E-state index contributed by atoms with van der Waals surface area (Å²) in [6, 6.07) is 12.8. The van der Waals surface area contributed by atoms with Gasteiger partial charge < -0.3 is 4.74 Å². The summed E-state index contributed by atoms with van der Waals surface area (Å²) in [5.74, 6) is 11.3. The van der Waals surface area contributed by atoms with Crippen molar-refractivity contribution in [3.8, 4) is 29.4 Å². The maximum Gasteiger partial charge on any atom is 0.458 e. The number of rotatable bonds is 4. The van der Waals surface area contributed by atoms with Crippen LogP contribution in [0.2, 0.25) is 0 Å². The van der Waals surface area contributed by atoms with Gasteiger partial charge in [-0.15, -0.1) is 11.3 Å². The van der Waals surface area contributed by atoms with E-state index in [0.29, 0.717) is 18.4 Å². The zero-order valence-corrected chi connectivity index (χ0v) is 22.7. The van der Waals surface area contributed by atoms with E-state index in [4.69, 9.17) is 4.74 Å². The third kappa shape index (κ3) is 7.06. The van der Waals surface area contributed by atoms with Crippen LogP contribution in [0.3, 0.4) is 0 Å². The minimum absolute atomic E-state index is 0.210. The van der Waals surface area contributed by atoms with Gasteiger partial charge in [0.05, 0.1) is 17.0 Å². The van der Waals surface area contributed by atoms with Crippen LogP contribution in [0.4, 0.5) is 17.6 Å². The molecule has 0 saturated heterocycles. The summed E-state index contributed by atoms with van der Waals surface area (Å²) in [7, 11) is 0. The van der Waals surface area contributed by atoms with Gasteiger partial charge in [-0.2, -0.15) is 13.2 Å². The summed E-state index contributed by atoms with van der Waals surface area (Å²) in [5.41, 5.74) is 2.17. The summed E-state index contributed by atoms with van der Waals surface area (Å²) in [4.78, 5) is 1.09. The molecule has 0 radical (unpaired) electrons. The van der Waals surface area contributed by atoms with Crippen molar-refractivity contribution in [2.24, 2.45) is 11.8 Å². The Kier molecular flexibility index (Phi) is 8.34. The highest BCUT2D eigenvalue weighted by atomic mass is 32.1. The molecule has 1 fully saturated rings. The van der Waals surface area contributed by atoms with Crippen molar-refractivity contribution in [3.63, 3.8) is 0 Å². The van der Waals surface area contributed by atoms with Gasteiger partial charge in [0, 0.05) is 16.5 Å². The first-order valence-corrected chi connectivity index (χ1v) is 14.3. The molecule has 1 nitrogen and oxygen atoms in total. The van der Waals surface area contributed by atoms with E-state index in [1.54, 1.807) is 17.4 Å². The lowest BCUT2D eigenvalue weighted by atomic mass is 9.73. The molecule has 0 N–H and O–H groups in total. The molecule has 0 bridgehead atoms. The van der Waals surface area contributed by atoms with Crippen LogP contribution in [0.1, 0.15) is 73.8 Å². The summed E-state index contributed by atoms with van der Waals surface area (Å²) >= 11 is 1.71. The second-order valence-electron chi connectivity index (χ2n) is 10.3. The number of allylic oxidation sites excluding steroid dienone is 2. The molecule has 39 heavy (non-hydrogen) atoms. The monoisotopic (exact) mass is 550 g/mol. The summed E-state index contributed by atoms with van der Waals surface area (Å²) in [5, 5.41) is 1.20. The van der Waals surface area contributed by atoms with Gasteiger partial charge in [0.2, 0.25) is 0 Å². The van der Waals surface area contributed by atoms with E-state index in [1.165, 1.54) is 27.8 Å². The fraction of sp³-hybridized carbons (Fsp3) is 0.394. The zero-order chi connectivity index (χ0) is 27.4. The number of ether oxygens (including phenoxy) is 1. The highest BCUT2D eigenvalue weighted by Crippen LogP contribution is 2.42. The van der Waals surface area contributed by atoms with Crippen LogP contribution in [0.15, 0.2) is 54.1 Å². The van der Waals surface area contributed by atoms with Crippen molar-refractivity contribution in [1.29, 1.82) is 0 Å². The molecule has 1 unspecified atom stereocenters. The molecule has 5 rings (SSSR count). The Morgan fingerprint density at radius 2 is 1.74 bits per heavy atom. The van der Waals surface area contributed by atoms with Gasteiger partial charge in [0.1, 0.15) is 11.6 Å². The first-order chi connectivity index (χ1) is 18.8. The molecule has 0 spiro atoms. The third-order valence-corrected chi connectivity index (χ3v) is 8.72. The Balaban J connectivity index is 1.14. The van der Waals surface area contributed by atoms with Crippen molar-refractivity contribution in [2.45, 2.75) is 64.0 Å². The predicted molar refractivity (Wildman–Crippen MR) is 149 cm³/mol. The number of fused-ring (bicyclic) bond motifs is 1. The summed E-state index contributed by atoms with van der Waals surface area (Å²) in [6.07, 6.45) is 4.89. The normalized spacial score (nSPS) is 21.4. The van der Waals surface area contributed by atoms with Crippen molar-refractivity contribution >= 4 is 21.4 Å². The highest BCUT2D eigenvalue weighted by Gasteiger charge is 2.27. The Bertz CT molecular complexity index is 1480. The van der Waals surface area contributed by atoms with Crippen LogP contribution in [0.25, 0.3) is 10.1 Å². The standard InChI is InChI=1S/C33H30F4OS/c1-2-38-29-15-14-28-19-30(39-32(28)21-29)16-5-22-3-6-23(7-4-22)24-8-10-25(11-9-24)27-13-12-26(31(34)20-27)17-18-33(35,36)37/h6,12-15,19-22,24-25H,2-4,7-11H2,1H3. The molecule has 1 atom stereocenters. The predicted octanol–water partition coefficient (Wildman–Crippen LogP) is 9.40. The number of benzene rings is 2. The second kappa shape index (κ2) is 11.9. The van der Waals surface area contributed by atoms with Crippen LogP contribution in [0, 0.1) is 41.3 Å². The van der Waals surface area contributed by atoms with E-state index in [9.17, 15) is 17.6 Å². The minimum Gasteiger partial charge on any atom is -0.494 e. The molecule has 2 aliphatic rings. The molecule has 6 heteroatoms. The third-order valence-electron chi connectivity index (χ3n) is 7.70. The average Bonchev–Trinajstić information content (AvgIpc) is 3.34. The Morgan fingerprint density at radius 3 is 2.44 bits per heavy atom. The van der Waals surface area contributed by atoms with Crippen molar-refractivity contribution < 1.29 is 22.3 Å². The maximum atomic E-state index is 14.4. The van der Waals surface area contributed by atoms with Crippen LogP contribution in [0.5, 0.6) is 5.75 Å². The molecule has 0 amide bonds. The van der Waals surface area contributed by atoms with E-state index >= 15 is 0 Å². The van der Waals surface area contributed by atoms with Crippen molar-refractivity contribution in [3.05, 3.63) is 75.9 Å². The number of thiophene rings is 1. The van der Waals surface area contributed by atoms with E-state index in [2.05, 4.69) is 36.1 Å². The molecule has 2 aliphatic carbocycles. The van der Waals surface area contributed by atoms with Gasteiger partial charge in [0.15, 0.2) is 0 Å². The van der Waals surface area contributed by atoms with Gasteiger partial charge in [-0.25, -0.2) is 4.39 Å². The fourth-order valence-corrected chi connectivity index (χ4v) is 6.63. The van der Waals surface area contributed by atoms with Crippen LogP contribution >= 0.6 is 11.3 Å². The lowest BCUT2D eigenvalue weighted by Gasteiger charge is -2.32. The molecule has 0 aliphatic heterocycles. The van der Waals surface area contributed by atoms with E-state index in [-0.39, 0.29) is 11.5 Å². The van der Waals surface area contributed by atoms with Gasteiger partial charge in [-0.1, -0.05) is 35.5 Å². The minimum atomic E-state index is -4.63. The van der Waals surface area contributed by atoms with E-state index < -0.39 is 12.0 Å². The summed E-state index contributed by atoms with van der Waals surface area (Å²) < 4.78 is 58.1. The SMILES string of the molecule is CCOc1ccc2cc(C#CC3CC=C(C4CCC(c5ccc(C#CC(F)(F)F)c(F)c5)CC4)CC3)sc2c1. The average molecular weight is 551 g/mol.